The molecule has 20 heavy (non-hydrogen) atoms. The Labute approximate surface area is 124 Å². The fourth-order valence-electron chi connectivity index (χ4n) is 3.17. The second-order valence-corrected chi connectivity index (χ2v) is 6.29. The van der Waals surface area contributed by atoms with Crippen LogP contribution in [0.5, 0.6) is 0 Å². The van der Waals surface area contributed by atoms with Gasteiger partial charge in [-0.15, -0.1) is 0 Å². The number of imidazole rings is 1. The SMILES string of the molecule is Cn1ccnc1CNC1CCCCCCCCCCC1. The van der Waals surface area contributed by atoms with Crippen LogP contribution in [0.1, 0.15) is 76.5 Å². The second-order valence-electron chi connectivity index (χ2n) is 6.29. The average molecular weight is 277 g/mol. The van der Waals surface area contributed by atoms with Crippen LogP contribution in [-0.2, 0) is 13.6 Å². The largest absolute Gasteiger partial charge is 0.337 e. The van der Waals surface area contributed by atoms with E-state index in [1.807, 2.05) is 12.4 Å². The van der Waals surface area contributed by atoms with Gasteiger partial charge in [-0.25, -0.2) is 4.98 Å². The topological polar surface area (TPSA) is 29.9 Å². The Bertz CT molecular complexity index is 347. The van der Waals surface area contributed by atoms with Crippen LogP contribution in [-0.4, -0.2) is 15.6 Å². The summed E-state index contributed by atoms with van der Waals surface area (Å²) in [6, 6.07) is 0.686. The van der Waals surface area contributed by atoms with Crippen molar-refractivity contribution in [3.05, 3.63) is 18.2 Å². The van der Waals surface area contributed by atoms with Crippen molar-refractivity contribution in [2.45, 2.75) is 83.2 Å². The molecule has 0 radical (unpaired) electrons. The average Bonchev–Trinajstić information content (AvgIpc) is 2.84. The van der Waals surface area contributed by atoms with E-state index in [1.165, 1.54) is 70.6 Å². The molecular formula is C17H31N3. The van der Waals surface area contributed by atoms with Crippen molar-refractivity contribution in [1.82, 2.24) is 14.9 Å². The Morgan fingerprint density at radius 1 is 1.00 bits per heavy atom. The summed E-state index contributed by atoms with van der Waals surface area (Å²) in [5.74, 6) is 1.15. The first kappa shape index (κ1) is 15.6. The molecule has 3 nitrogen and oxygen atoms in total. The minimum absolute atomic E-state index is 0.686. The number of nitrogens with zero attached hydrogens (tertiary/aromatic N) is 2. The summed E-state index contributed by atoms with van der Waals surface area (Å²) >= 11 is 0. The number of aryl methyl sites for hydroxylation is 1. The first-order valence-electron chi connectivity index (χ1n) is 8.56. The molecule has 0 atom stereocenters. The quantitative estimate of drug-likeness (QED) is 0.898. The zero-order valence-electron chi connectivity index (χ0n) is 13.1. The summed E-state index contributed by atoms with van der Waals surface area (Å²) in [6.45, 7) is 0.911. The van der Waals surface area contributed by atoms with Gasteiger partial charge in [0, 0.05) is 25.5 Å². The van der Waals surface area contributed by atoms with Crippen molar-refractivity contribution in [1.29, 1.82) is 0 Å². The lowest BCUT2D eigenvalue weighted by atomic mass is 9.98. The standard InChI is InChI=1S/C17H31N3/c1-20-14-13-18-17(20)15-19-16-11-9-7-5-3-2-4-6-8-10-12-16/h13-14,16,19H,2-12,15H2,1H3. The van der Waals surface area contributed by atoms with Gasteiger partial charge in [-0.05, 0) is 12.8 Å². The lowest BCUT2D eigenvalue weighted by Gasteiger charge is -2.19. The van der Waals surface area contributed by atoms with Gasteiger partial charge in [0.15, 0.2) is 0 Å². The summed E-state index contributed by atoms with van der Waals surface area (Å²) in [5.41, 5.74) is 0. The lowest BCUT2D eigenvalue weighted by molar-refractivity contribution is 0.398. The van der Waals surface area contributed by atoms with E-state index in [0.717, 1.165) is 12.4 Å². The van der Waals surface area contributed by atoms with Crippen LogP contribution in [0.2, 0.25) is 0 Å². The molecule has 0 amide bonds. The molecule has 1 heterocycles. The molecule has 0 saturated heterocycles. The van der Waals surface area contributed by atoms with Crippen LogP contribution in [0.4, 0.5) is 0 Å². The molecule has 1 aliphatic carbocycles. The van der Waals surface area contributed by atoms with Gasteiger partial charge < -0.3 is 9.88 Å². The number of rotatable bonds is 3. The van der Waals surface area contributed by atoms with E-state index in [2.05, 4.69) is 21.9 Å². The zero-order valence-corrected chi connectivity index (χ0v) is 13.1. The molecule has 1 aromatic heterocycles. The third-order valence-corrected chi connectivity index (χ3v) is 4.57. The first-order valence-corrected chi connectivity index (χ1v) is 8.56. The Kier molecular flexibility index (Phi) is 7.13. The Balaban J connectivity index is 1.75. The molecule has 114 valence electrons. The summed E-state index contributed by atoms with van der Waals surface area (Å²) in [5, 5.41) is 3.73. The van der Waals surface area contributed by atoms with Crippen LogP contribution < -0.4 is 5.32 Å². The van der Waals surface area contributed by atoms with Gasteiger partial charge in [-0.1, -0.05) is 57.8 Å². The number of aromatic nitrogens is 2. The molecule has 0 aromatic carbocycles. The molecule has 1 saturated carbocycles. The van der Waals surface area contributed by atoms with Gasteiger partial charge in [0.05, 0.1) is 6.54 Å². The van der Waals surface area contributed by atoms with Crippen molar-refractivity contribution in [2.75, 3.05) is 0 Å². The number of hydrogen-bond acceptors (Lipinski definition) is 2. The summed E-state index contributed by atoms with van der Waals surface area (Å²) in [4.78, 5) is 4.40. The highest BCUT2D eigenvalue weighted by atomic mass is 15.1. The van der Waals surface area contributed by atoms with Gasteiger partial charge in [0.2, 0.25) is 0 Å². The molecular weight excluding hydrogens is 246 g/mol. The third kappa shape index (κ3) is 5.66. The van der Waals surface area contributed by atoms with Crippen molar-refractivity contribution < 1.29 is 0 Å². The van der Waals surface area contributed by atoms with E-state index in [9.17, 15) is 0 Å². The van der Waals surface area contributed by atoms with Crippen LogP contribution >= 0.6 is 0 Å². The van der Waals surface area contributed by atoms with Crippen LogP contribution in [0.25, 0.3) is 0 Å². The normalized spacial score (nSPS) is 20.2. The molecule has 1 fully saturated rings. The summed E-state index contributed by atoms with van der Waals surface area (Å²) < 4.78 is 2.11. The van der Waals surface area contributed by atoms with Gasteiger partial charge in [0.25, 0.3) is 0 Å². The first-order chi connectivity index (χ1) is 9.86. The van der Waals surface area contributed by atoms with E-state index in [1.54, 1.807) is 0 Å². The number of nitrogens with one attached hydrogen (secondary N) is 1. The molecule has 1 aliphatic rings. The molecule has 1 aromatic rings. The van der Waals surface area contributed by atoms with E-state index in [0.29, 0.717) is 6.04 Å². The smallest absolute Gasteiger partial charge is 0.122 e. The Hall–Kier alpha value is -0.830. The maximum Gasteiger partial charge on any atom is 0.122 e. The van der Waals surface area contributed by atoms with Gasteiger partial charge >= 0.3 is 0 Å². The maximum absolute atomic E-state index is 4.40. The van der Waals surface area contributed by atoms with E-state index in [-0.39, 0.29) is 0 Å². The van der Waals surface area contributed by atoms with Crippen molar-refractivity contribution >= 4 is 0 Å². The fourth-order valence-corrected chi connectivity index (χ4v) is 3.17. The monoisotopic (exact) mass is 277 g/mol. The molecule has 0 bridgehead atoms. The molecule has 1 N–H and O–H groups in total. The predicted octanol–water partition coefficient (Wildman–Crippen LogP) is 4.18. The molecule has 2 rings (SSSR count). The van der Waals surface area contributed by atoms with Crippen LogP contribution in [0.3, 0.4) is 0 Å². The maximum atomic E-state index is 4.40. The highest BCUT2D eigenvalue weighted by Gasteiger charge is 2.10. The Morgan fingerprint density at radius 2 is 1.55 bits per heavy atom. The molecule has 0 spiro atoms. The minimum Gasteiger partial charge on any atom is -0.337 e. The summed E-state index contributed by atoms with van der Waals surface area (Å²) in [7, 11) is 2.07. The highest BCUT2D eigenvalue weighted by molar-refractivity contribution is 4.91. The summed E-state index contributed by atoms with van der Waals surface area (Å²) in [6.07, 6.45) is 19.4. The fraction of sp³-hybridized carbons (Fsp3) is 0.824. The van der Waals surface area contributed by atoms with Gasteiger partial charge in [-0.2, -0.15) is 0 Å². The molecule has 3 heteroatoms. The third-order valence-electron chi connectivity index (χ3n) is 4.57. The second kappa shape index (κ2) is 9.17. The minimum atomic E-state index is 0.686. The van der Waals surface area contributed by atoms with E-state index >= 15 is 0 Å². The van der Waals surface area contributed by atoms with E-state index < -0.39 is 0 Å². The predicted molar refractivity (Wildman–Crippen MR) is 84.6 cm³/mol. The van der Waals surface area contributed by atoms with Crippen molar-refractivity contribution in [3.8, 4) is 0 Å². The van der Waals surface area contributed by atoms with Crippen LogP contribution in [0.15, 0.2) is 12.4 Å². The van der Waals surface area contributed by atoms with Crippen molar-refractivity contribution in [3.63, 3.8) is 0 Å². The Morgan fingerprint density at radius 3 is 2.05 bits per heavy atom. The molecule has 0 unspecified atom stereocenters. The zero-order chi connectivity index (χ0) is 14.0. The number of hydrogen-bond donors (Lipinski definition) is 1. The lowest BCUT2D eigenvalue weighted by Crippen LogP contribution is -2.29. The van der Waals surface area contributed by atoms with Crippen LogP contribution in [0, 0.1) is 0 Å². The van der Waals surface area contributed by atoms with E-state index in [4.69, 9.17) is 0 Å². The van der Waals surface area contributed by atoms with Gasteiger partial charge in [0.1, 0.15) is 5.82 Å². The van der Waals surface area contributed by atoms with Gasteiger partial charge in [-0.3, -0.25) is 0 Å². The van der Waals surface area contributed by atoms with Crippen molar-refractivity contribution in [2.24, 2.45) is 7.05 Å². The highest BCUT2D eigenvalue weighted by Crippen LogP contribution is 2.17. The molecule has 0 aliphatic heterocycles.